The van der Waals surface area contributed by atoms with Crippen LogP contribution < -0.4 is 5.32 Å². The van der Waals surface area contributed by atoms with E-state index in [1.165, 1.54) is 17.4 Å². The summed E-state index contributed by atoms with van der Waals surface area (Å²) in [5.74, 6) is 0.748. The van der Waals surface area contributed by atoms with Crippen molar-refractivity contribution in [3.05, 3.63) is 41.6 Å². The Hall–Kier alpha value is -1.41. The molecule has 1 heterocycles. The van der Waals surface area contributed by atoms with Crippen LogP contribution in [0, 0.1) is 18.3 Å². The average molecular weight is 268 g/mol. The normalized spacial score (nSPS) is 21.9. The molecule has 106 valence electrons. The Morgan fingerprint density at radius 2 is 2.05 bits per heavy atom. The Balaban J connectivity index is 1.97. The number of hydrogen-bond donors (Lipinski definition) is 1. The van der Waals surface area contributed by atoms with E-state index in [0.717, 1.165) is 23.7 Å². The van der Waals surface area contributed by atoms with Crippen molar-refractivity contribution < 1.29 is 0 Å². The fraction of sp³-hybridized carbons (Fsp3) is 0.500. The maximum absolute atomic E-state index is 4.59. The second-order valence-corrected chi connectivity index (χ2v) is 6.74. The van der Waals surface area contributed by atoms with Gasteiger partial charge in [0.25, 0.3) is 0 Å². The van der Waals surface area contributed by atoms with Gasteiger partial charge in [-0.25, -0.2) is 0 Å². The summed E-state index contributed by atoms with van der Waals surface area (Å²) in [5, 5.41) is 4.92. The first-order valence-electron chi connectivity index (χ1n) is 7.62. The number of nitrogens with one attached hydrogen (secondary N) is 1. The van der Waals surface area contributed by atoms with Crippen LogP contribution >= 0.6 is 0 Å². The molecule has 3 rings (SSSR count). The maximum atomic E-state index is 4.59. The van der Waals surface area contributed by atoms with Crippen molar-refractivity contribution >= 4 is 10.9 Å². The lowest BCUT2D eigenvalue weighted by atomic mass is 9.95. The van der Waals surface area contributed by atoms with E-state index in [2.05, 4.69) is 61.4 Å². The van der Waals surface area contributed by atoms with Gasteiger partial charge < -0.3 is 5.32 Å². The topological polar surface area (TPSA) is 24.9 Å². The van der Waals surface area contributed by atoms with E-state index in [9.17, 15) is 0 Å². The molecule has 0 saturated heterocycles. The first-order valence-corrected chi connectivity index (χ1v) is 7.62. The summed E-state index contributed by atoms with van der Waals surface area (Å²) >= 11 is 0. The Morgan fingerprint density at radius 1 is 1.30 bits per heavy atom. The van der Waals surface area contributed by atoms with Crippen molar-refractivity contribution in [1.82, 2.24) is 10.3 Å². The van der Waals surface area contributed by atoms with Crippen molar-refractivity contribution in [2.24, 2.45) is 11.3 Å². The number of aryl methyl sites for hydroxylation is 1. The van der Waals surface area contributed by atoms with Gasteiger partial charge in [0.15, 0.2) is 0 Å². The van der Waals surface area contributed by atoms with Gasteiger partial charge in [-0.2, -0.15) is 0 Å². The van der Waals surface area contributed by atoms with Crippen LogP contribution in [0.2, 0.25) is 0 Å². The van der Waals surface area contributed by atoms with E-state index >= 15 is 0 Å². The summed E-state index contributed by atoms with van der Waals surface area (Å²) in [5.41, 5.74) is 4.06. The zero-order chi connectivity index (χ0) is 14.3. The Labute approximate surface area is 121 Å². The third kappa shape index (κ3) is 2.45. The summed E-state index contributed by atoms with van der Waals surface area (Å²) in [7, 11) is 0. The molecule has 2 nitrogen and oxygen atoms in total. The van der Waals surface area contributed by atoms with E-state index in [1.807, 2.05) is 6.92 Å². The van der Waals surface area contributed by atoms with Gasteiger partial charge in [-0.05, 0) is 55.0 Å². The zero-order valence-electron chi connectivity index (χ0n) is 12.9. The van der Waals surface area contributed by atoms with Gasteiger partial charge in [-0.15, -0.1) is 0 Å². The number of rotatable bonds is 4. The predicted octanol–water partition coefficient (Wildman–Crippen LogP) is 4.24. The van der Waals surface area contributed by atoms with Crippen molar-refractivity contribution in [2.45, 2.75) is 40.2 Å². The third-order valence-corrected chi connectivity index (χ3v) is 4.63. The predicted molar refractivity (Wildman–Crippen MR) is 84.8 cm³/mol. The quantitative estimate of drug-likeness (QED) is 0.897. The molecule has 0 bridgehead atoms. The van der Waals surface area contributed by atoms with Gasteiger partial charge in [-0.3, -0.25) is 4.98 Å². The van der Waals surface area contributed by atoms with Crippen molar-refractivity contribution in [3.8, 4) is 0 Å². The molecule has 2 unspecified atom stereocenters. The number of nitrogens with zero attached hydrogens (tertiary/aromatic N) is 1. The molecular formula is C18H24N2. The van der Waals surface area contributed by atoms with Gasteiger partial charge in [-0.1, -0.05) is 32.9 Å². The lowest BCUT2D eigenvalue weighted by Crippen LogP contribution is -2.24. The fourth-order valence-electron chi connectivity index (χ4n) is 3.23. The molecule has 1 aliphatic carbocycles. The monoisotopic (exact) mass is 268 g/mol. The van der Waals surface area contributed by atoms with E-state index in [4.69, 9.17) is 0 Å². The van der Waals surface area contributed by atoms with Crippen LogP contribution in [0.5, 0.6) is 0 Å². The number of pyridine rings is 1. The molecule has 1 aromatic carbocycles. The first kappa shape index (κ1) is 13.6. The first-order chi connectivity index (χ1) is 9.51. The number of benzene rings is 1. The molecular weight excluding hydrogens is 244 g/mol. The van der Waals surface area contributed by atoms with Crippen LogP contribution in [0.15, 0.2) is 30.3 Å². The Kier molecular flexibility index (Phi) is 3.29. The van der Waals surface area contributed by atoms with Crippen LogP contribution in [0.4, 0.5) is 0 Å². The highest BCUT2D eigenvalue weighted by Crippen LogP contribution is 2.57. The molecule has 2 heteroatoms. The highest BCUT2D eigenvalue weighted by atomic mass is 14.9. The summed E-state index contributed by atoms with van der Waals surface area (Å²) < 4.78 is 0. The smallest absolute Gasteiger partial charge is 0.0705 e. The summed E-state index contributed by atoms with van der Waals surface area (Å²) in [6, 6.07) is 11.5. The molecule has 1 aromatic heterocycles. The highest BCUT2D eigenvalue weighted by molar-refractivity contribution is 5.79. The van der Waals surface area contributed by atoms with Crippen LogP contribution in [-0.4, -0.2) is 11.5 Å². The Bertz CT molecular complexity index is 630. The number of hydrogen-bond acceptors (Lipinski definition) is 2. The van der Waals surface area contributed by atoms with E-state index < -0.39 is 0 Å². The van der Waals surface area contributed by atoms with Gasteiger partial charge in [0.2, 0.25) is 0 Å². The van der Waals surface area contributed by atoms with Gasteiger partial charge in [0.1, 0.15) is 0 Å². The molecule has 1 fully saturated rings. The number of fused-ring (bicyclic) bond motifs is 1. The van der Waals surface area contributed by atoms with Crippen LogP contribution in [0.1, 0.15) is 44.5 Å². The summed E-state index contributed by atoms with van der Waals surface area (Å²) in [6.45, 7) is 9.99. The second-order valence-electron chi connectivity index (χ2n) is 6.74. The lowest BCUT2D eigenvalue weighted by molar-refractivity contribution is 0.424. The molecule has 0 radical (unpaired) electrons. The van der Waals surface area contributed by atoms with Crippen molar-refractivity contribution in [2.75, 3.05) is 6.54 Å². The van der Waals surface area contributed by atoms with Crippen LogP contribution in [0.3, 0.4) is 0 Å². The van der Waals surface area contributed by atoms with Gasteiger partial charge in [0, 0.05) is 17.1 Å². The maximum Gasteiger partial charge on any atom is 0.0705 e. The standard InChI is InChI=1S/C18H24N2/c1-5-19-17(15-11-18(15,3)4)14-8-9-16-13(10-14)7-6-12(2)20-16/h6-10,15,17,19H,5,11H2,1-4H3. The molecule has 1 saturated carbocycles. The summed E-state index contributed by atoms with van der Waals surface area (Å²) in [4.78, 5) is 4.59. The van der Waals surface area contributed by atoms with Crippen molar-refractivity contribution in [3.63, 3.8) is 0 Å². The molecule has 2 aromatic rings. The second kappa shape index (κ2) is 4.85. The van der Waals surface area contributed by atoms with E-state index in [1.54, 1.807) is 0 Å². The highest BCUT2D eigenvalue weighted by Gasteiger charge is 2.50. The molecule has 1 aliphatic rings. The van der Waals surface area contributed by atoms with Gasteiger partial charge in [0.05, 0.1) is 5.52 Å². The summed E-state index contributed by atoms with van der Waals surface area (Å²) in [6.07, 6.45) is 1.31. The molecule has 0 spiro atoms. The van der Waals surface area contributed by atoms with Crippen LogP contribution in [-0.2, 0) is 0 Å². The lowest BCUT2D eigenvalue weighted by Gasteiger charge is -2.20. The molecule has 20 heavy (non-hydrogen) atoms. The van der Waals surface area contributed by atoms with Gasteiger partial charge >= 0.3 is 0 Å². The van der Waals surface area contributed by atoms with Crippen molar-refractivity contribution in [1.29, 1.82) is 0 Å². The third-order valence-electron chi connectivity index (χ3n) is 4.63. The SMILES string of the molecule is CCNC(c1ccc2nc(C)ccc2c1)C1CC1(C)C. The molecule has 0 aliphatic heterocycles. The molecule has 0 amide bonds. The average Bonchev–Trinajstić information content (AvgIpc) is 3.04. The minimum Gasteiger partial charge on any atom is -0.310 e. The van der Waals surface area contributed by atoms with E-state index in [0.29, 0.717) is 11.5 Å². The zero-order valence-corrected chi connectivity index (χ0v) is 12.9. The molecule has 2 atom stereocenters. The largest absolute Gasteiger partial charge is 0.310 e. The Morgan fingerprint density at radius 3 is 2.70 bits per heavy atom. The minimum atomic E-state index is 0.473. The molecule has 1 N–H and O–H groups in total. The number of aromatic nitrogens is 1. The fourth-order valence-corrected chi connectivity index (χ4v) is 3.23. The van der Waals surface area contributed by atoms with E-state index in [-0.39, 0.29) is 0 Å². The minimum absolute atomic E-state index is 0.473. The van der Waals surface area contributed by atoms with Crippen LogP contribution in [0.25, 0.3) is 10.9 Å².